The molecule has 1 aromatic rings. The van der Waals surface area contributed by atoms with Gasteiger partial charge in [-0.3, -0.25) is 4.79 Å². The number of carbonyl (C=O) groups is 1. The van der Waals surface area contributed by atoms with Crippen LogP contribution in [0, 0.1) is 0 Å². The molecule has 1 aromatic carbocycles. The summed E-state index contributed by atoms with van der Waals surface area (Å²) in [5.74, 6) is -0.223. The minimum Gasteiger partial charge on any atom is -0.399 e. The van der Waals surface area contributed by atoms with Gasteiger partial charge in [0.2, 0.25) is 5.91 Å². The zero-order valence-corrected chi connectivity index (χ0v) is 9.85. The third-order valence-electron chi connectivity index (χ3n) is 3.39. The van der Waals surface area contributed by atoms with Gasteiger partial charge in [0.1, 0.15) is 5.25 Å². The molecule has 2 N–H and O–H groups in total. The van der Waals surface area contributed by atoms with E-state index in [2.05, 4.69) is 0 Å². The van der Waals surface area contributed by atoms with Crippen LogP contribution in [0.5, 0.6) is 0 Å². The zero-order chi connectivity index (χ0) is 12.2. The van der Waals surface area contributed by atoms with Gasteiger partial charge in [-0.2, -0.15) is 0 Å². The lowest BCUT2D eigenvalue weighted by molar-refractivity contribution is -0.117. The first-order chi connectivity index (χ1) is 7.99. The van der Waals surface area contributed by atoms with E-state index in [1.807, 2.05) is 0 Å². The molecule has 2 saturated heterocycles. The maximum atomic E-state index is 12.0. The van der Waals surface area contributed by atoms with E-state index in [4.69, 9.17) is 5.73 Å². The van der Waals surface area contributed by atoms with Gasteiger partial charge >= 0.3 is 0 Å². The Bertz CT molecular complexity index is 579. The van der Waals surface area contributed by atoms with Gasteiger partial charge in [0.05, 0.1) is 11.8 Å². The Kier molecular flexibility index (Phi) is 2.01. The Morgan fingerprint density at radius 1 is 1.24 bits per heavy atom. The third kappa shape index (κ3) is 1.44. The van der Waals surface area contributed by atoms with Gasteiger partial charge < -0.3 is 10.6 Å². The number of anilines is 2. The van der Waals surface area contributed by atoms with E-state index in [0.717, 1.165) is 5.69 Å². The second kappa shape index (κ2) is 3.22. The van der Waals surface area contributed by atoms with Crippen LogP contribution >= 0.6 is 0 Å². The highest BCUT2D eigenvalue weighted by Gasteiger charge is 2.54. The van der Waals surface area contributed by atoms with Crippen LogP contribution in [0.15, 0.2) is 24.3 Å². The normalized spacial score (nSPS) is 29.9. The van der Waals surface area contributed by atoms with Crippen LogP contribution in [-0.2, 0) is 14.6 Å². The van der Waals surface area contributed by atoms with Gasteiger partial charge in [-0.1, -0.05) is 0 Å². The summed E-state index contributed by atoms with van der Waals surface area (Å²) in [6.07, 6.45) is 0.422. The molecule has 90 valence electrons. The lowest BCUT2D eigenvalue weighted by Crippen LogP contribution is -2.45. The fourth-order valence-electron chi connectivity index (χ4n) is 2.59. The molecule has 2 bridgehead atoms. The standard InChI is InChI=1S/C11H12N2O3S/c12-7-1-3-8(4-2-7)13-9-5-10(11(13)14)17(15,16)6-9/h1-4,9-10H,5-6,12H2. The summed E-state index contributed by atoms with van der Waals surface area (Å²) < 4.78 is 23.2. The molecule has 5 nitrogen and oxygen atoms in total. The summed E-state index contributed by atoms with van der Waals surface area (Å²) in [5.41, 5.74) is 6.93. The molecule has 0 aromatic heterocycles. The predicted molar refractivity (Wildman–Crippen MR) is 64.3 cm³/mol. The first kappa shape index (κ1) is 10.6. The number of nitrogens with zero attached hydrogens (tertiary/aromatic N) is 1. The molecule has 1 amide bonds. The Morgan fingerprint density at radius 3 is 2.41 bits per heavy atom. The molecule has 0 aliphatic carbocycles. The lowest BCUT2D eigenvalue weighted by atomic mass is 10.2. The number of hydrogen-bond acceptors (Lipinski definition) is 4. The number of fused-ring (bicyclic) bond motifs is 2. The third-order valence-corrected chi connectivity index (χ3v) is 5.50. The van der Waals surface area contributed by atoms with Gasteiger partial charge in [-0.15, -0.1) is 0 Å². The van der Waals surface area contributed by atoms with E-state index in [0.29, 0.717) is 12.1 Å². The summed E-state index contributed by atoms with van der Waals surface area (Å²) in [4.78, 5) is 13.6. The van der Waals surface area contributed by atoms with E-state index >= 15 is 0 Å². The summed E-state index contributed by atoms with van der Waals surface area (Å²) in [6, 6.07) is 6.72. The van der Waals surface area contributed by atoms with Crippen LogP contribution in [0.4, 0.5) is 11.4 Å². The molecule has 2 atom stereocenters. The number of nitrogens with two attached hydrogens (primary N) is 1. The Labute approximate surface area is 99.1 Å². The number of amides is 1. The molecule has 2 fully saturated rings. The molecular weight excluding hydrogens is 240 g/mol. The van der Waals surface area contributed by atoms with E-state index < -0.39 is 15.1 Å². The largest absolute Gasteiger partial charge is 0.399 e. The fourth-order valence-corrected chi connectivity index (χ4v) is 4.58. The van der Waals surface area contributed by atoms with Gasteiger partial charge in [0, 0.05) is 11.4 Å². The topological polar surface area (TPSA) is 80.5 Å². The molecule has 2 aliphatic heterocycles. The highest BCUT2D eigenvalue weighted by molar-refractivity contribution is 7.93. The van der Waals surface area contributed by atoms with Crippen LogP contribution in [0.1, 0.15) is 6.42 Å². The number of rotatable bonds is 1. The van der Waals surface area contributed by atoms with Crippen molar-refractivity contribution in [2.24, 2.45) is 0 Å². The lowest BCUT2D eigenvalue weighted by Gasteiger charge is -2.26. The maximum Gasteiger partial charge on any atom is 0.245 e. The average Bonchev–Trinajstić information content (AvgIpc) is 2.72. The molecule has 2 aliphatic rings. The number of carbonyl (C=O) groups excluding carboxylic acids is 1. The molecule has 3 rings (SSSR count). The van der Waals surface area contributed by atoms with Crippen LogP contribution in [0.3, 0.4) is 0 Å². The van der Waals surface area contributed by atoms with Crippen LogP contribution < -0.4 is 10.6 Å². The van der Waals surface area contributed by atoms with E-state index in [9.17, 15) is 13.2 Å². The molecule has 0 spiro atoms. The number of nitrogen functional groups attached to an aromatic ring is 1. The van der Waals surface area contributed by atoms with Gasteiger partial charge in [0.25, 0.3) is 0 Å². The van der Waals surface area contributed by atoms with Crippen LogP contribution in [-0.4, -0.2) is 31.4 Å². The van der Waals surface area contributed by atoms with Crippen molar-refractivity contribution in [3.05, 3.63) is 24.3 Å². The Morgan fingerprint density at radius 2 is 1.88 bits per heavy atom. The Hall–Kier alpha value is -1.56. The molecule has 0 saturated carbocycles. The van der Waals surface area contributed by atoms with E-state index in [1.165, 1.54) is 0 Å². The van der Waals surface area contributed by atoms with Crippen molar-refractivity contribution >= 4 is 27.1 Å². The van der Waals surface area contributed by atoms with Crippen molar-refractivity contribution in [3.8, 4) is 0 Å². The average molecular weight is 252 g/mol. The van der Waals surface area contributed by atoms with Gasteiger partial charge in [-0.05, 0) is 30.7 Å². The smallest absolute Gasteiger partial charge is 0.245 e. The minimum absolute atomic E-state index is 0.0772. The second-order valence-electron chi connectivity index (χ2n) is 4.51. The zero-order valence-electron chi connectivity index (χ0n) is 9.04. The summed E-state index contributed by atoms with van der Waals surface area (Å²) >= 11 is 0. The molecule has 6 heteroatoms. The number of hydrogen-bond donors (Lipinski definition) is 1. The molecule has 17 heavy (non-hydrogen) atoms. The SMILES string of the molecule is Nc1ccc(N2C(=O)C3CC2CS3(=O)=O)cc1. The maximum absolute atomic E-state index is 12.0. The van der Waals surface area contributed by atoms with Crippen LogP contribution in [0.25, 0.3) is 0 Å². The first-order valence-electron chi connectivity index (χ1n) is 5.39. The van der Waals surface area contributed by atoms with Crippen molar-refractivity contribution in [2.75, 3.05) is 16.4 Å². The molecule has 2 heterocycles. The Balaban J connectivity index is 1.98. The van der Waals surface area contributed by atoms with Crippen molar-refractivity contribution in [1.29, 1.82) is 0 Å². The van der Waals surface area contributed by atoms with Gasteiger partial charge in [0.15, 0.2) is 9.84 Å². The first-order valence-corrected chi connectivity index (χ1v) is 7.11. The minimum atomic E-state index is -3.20. The monoisotopic (exact) mass is 252 g/mol. The van der Waals surface area contributed by atoms with Crippen molar-refractivity contribution in [2.45, 2.75) is 17.7 Å². The number of benzene rings is 1. The quantitative estimate of drug-likeness (QED) is 0.722. The summed E-state index contributed by atoms with van der Waals surface area (Å²) in [6.45, 7) is 0. The summed E-state index contributed by atoms with van der Waals surface area (Å²) in [7, 11) is -3.20. The molecule has 2 unspecified atom stereocenters. The highest BCUT2D eigenvalue weighted by Crippen LogP contribution is 2.37. The summed E-state index contributed by atoms with van der Waals surface area (Å²) in [5, 5.41) is -0.829. The predicted octanol–water partition coefficient (Wildman–Crippen LogP) is 0.171. The molecular formula is C11H12N2O3S. The van der Waals surface area contributed by atoms with Crippen LogP contribution in [0.2, 0.25) is 0 Å². The fraction of sp³-hybridized carbons (Fsp3) is 0.364. The number of sulfone groups is 1. The van der Waals surface area contributed by atoms with Gasteiger partial charge in [-0.25, -0.2) is 8.42 Å². The highest BCUT2D eigenvalue weighted by atomic mass is 32.2. The van der Waals surface area contributed by atoms with Crippen molar-refractivity contribution < 1.29 is 13.2 Å². The van der Waals surface area contributed by atoms with E-state index in [1.54, 1.807) is 29.2 Å². The molecule has 0 radical (unpaired) electrons. The van der Waals surface area contributed by atoms with Crippen molar-refractivity contribution in [1.82, 2.24) is 0 Å². The van der Waals surface area contributed by atoms with Crippen molar-refractivity contribution in [3.63, 3.8) is 0 Å². The second-order valence-corrected chi connectivity index (χ2v) is 6.74. The van der Waals surface area contributed by atoms with E-state index in [-0.39, 0.29) is 17.7 Å².